The summed E-state index contributed by atoms with van der Waals surface area (Å²) in [5, 5.41) is 13.1. The first-order valence-corrected chi connectivity index (χ1v) is 7.82. The standard InChI is InChI=1S/C17H25N5O/c1-5-7-8-13-12(4)16-15(17(18)20-13)21-14(9-19-6-2)22(16)10-11(3)23/h5,7-8,11,19,23H,1,6,9-10H2,2-4H3,(H2,18,20)/b8-7-. The van der Waals surface area contributed by atoms with Gasteiger partial charge < -0.3 is 20.7 Å². The quantitative estimate of drug-likeness (QED) is 0.680. The maximum atomic E-state index is 9.86. The number of aryl methyl sites for hydroxylation is 1. The molecule has 0 saturated carbocycles. The maximum Gasteiger partial charge on any atom is 0.152 e. The third kappa shape index (κ3) is 3.60. The summed E-state index contributed by atoms with van der Waals surface area (Å²) in [6.45, 7) is 11.4. The molecule has 2 aromatic heterocycles. The highest BCUT2D eigenvalue weighted by atomic mass is 16.3. The van der Waals surface area contributed by atoms with Crippen LogP contribution in [0.5, 0.6) is 0 Å². The van der Waals surface area contributed by atoms with E-state index in [2.05, 4.69) is 21.9 Å². The van der Waals surface area contributed by atoms with E-state index in [1.165, 1.54) is 0 Å². The van der Waals surface area contributed by atoms with Crippen LogP contribution in [0.4, 0.5) is 5.82 Å². The molecule has 2 heterocycles. The van der Waals surface area contributed by atoms with Gasteiger partial charge in [0.1, 0.15) is 11.3 Å². The predicted octanol–water partition coefficient (Wildman–Crippen LogP) is 2.01. The minimum Gasteiger partial charge on any atom is -0.392 e. The molecule has 0 spiro atoms. The van der Waals surface area contributed by atoms with E-state index in [0.29, 0.717) is 24.4 Å². The second-order valence-corrected chi connectivity index (χ2v) is 5.57. The van der Waals surface area contributed by atoms with E-state index in [4.69, 9.17) is 5.73 Å². The lowest BCUT2D eigenvalue weighted by Gasteiger charge is -2.13. The van der Waals surface area contributed by atoms with Gasteiger partial charge in [0.2, 0.25) is 0 Å². The highest BCUT2D eigenvalue weighted by Crippen LogP contribution is 2.27. The van der Waals surface area contributed by atoms with Crippen molar-refractivity contribution in [1.82, 2.24) is 19.9 Å². The van der Waals surface area contributed by atoms with Gasteiger partial charge in [-0.05, 0) is 26.5 Å². The minimum atomic E-state index is -0.478. The molecule has 4 N–H and O–H groups in total. The largest absolute Gasteiger partial charge is 0.392 e. The second-order valence-electron chi connectivity index (χ2n) is 5.57. The molecule has 0 aliphatic carbocycles. The van der Waals surface area contributed by atoms with Gasteiger partial charge in [-0.25, -0.2) is 9.97 Å². The van der Waals surface area contributed by atoms with Crippen LogP contribution in [-0.4, -0.2) is 32.3 Å². The van der Waals surface area contributed by atoms with Crippen molar-refractivity contribution in [1.29, 1.82) is 0 Å². The number of hydrogen-bond donors (Lipinski definition) is 3. The van der Waals surface area contributed by atoms with Gasteiger partial charge in [0, 0.05) is 5.56 Å². The number of allylic oxidation sites excluding steroid dienone is 2. The maximum absolute atomic E-state index is 9.86. The molecular weight excluding hydrogens is 290 g/mol. The van der Waals surface area contributed by atoms with E-state index in [9.17, 15) is 5.11 Å². The van der Waals surface area contributed by atoms with Crippen molar-refractivity contribution in [3.8, 4) is 0 Å². The van der Waals surface area contributed by atoms with Crippen LogP contribution in [0.2, 0.25) is 0 Å². The van der Waals surface area contributed by atoms with Crippen molar-refractivity contribution in [3.05, 3.63) is 35.8 Å². The number of aliphatic hydroxyl groups excluding tert-OH is 1. The number of anilines is 1. The van der Waals surface area contributed by atoms with Crippen molar-refractivity contribution in [2.24, 2.45) is 0 Å². The molecule has 0 aromatic carbocycles. The molecule has 0 aliphatic rings. The second kappa shape index (κ2) is 7.39. The first-order chi connectivity index (χ1) is 11.0. The number of pyridine rings is 1. The number of rotatable bonds is 7. The zero-order valence-electron chi connectivity index (χ0n) is 14.0. The molecule has 6 nitrogen and oxygen atoms in total. The van der Waals surface area contributed by atoms with Gasteiger partial charge in [-0.2, -0.15) is 0 Å². The van der Waals surface area contributed by atoms with Gasteiger partial charge in [-0.15, -0.1) is 0 Å². The van der Waals surface area contributed by atoms with Crippen LogP contribution in [0.15, 0.2) is 18.7 Å². The summed E-state index contributed by atoms with van der Waals surface area (Å²) >= 11 is 0. The molecular formula is C17H25N5O. The number of imidazole rings is 1. The van der Waals surface area contributed by atoms with E-state index in [1.807, 2.05) is 30.6 Å². The van der Waals surface area contributed by atoms with Crippen LogP contribution in [0.3, 0.4) is 0 Å². The first kappa shape index (κ1) is 17.2. The Kier molecular flexibility index (Phi) is 5.52. The number of hydrogen-bond acceptors (Lipinski definition) is 5. The van der Waals surface area contributed by atoms with Crippen LogP contribution < -0.4 is 11.1 Å². The van der Waals surface area contributed by atoms with Crippen molar-refractivity contribution >= 4 is 22.9 Å². The molecule has 0 radical (unpaired) electrons. The number of nitrogens with zero attached hydrogens (tertiary/aromatic N) is 3. The molecule has 1 atom stereocenters. The van der Waals surface area contributed by atoms with Crippen LogP contribution in [0.25, 0.3) is 17.1 Å². The highest BCUT2D eigenvalue weighted by molar-refractivity contribution is 5.90. The summed E-state index contributed by atoms with van der Waals surface area (Å²) in [4.78, 5) is 9.08. The number of aliphatic hydroxyl groups is 1. The number of nitrogens with two attached hydrogens (primary N) is 1. The van der Waals surface area contributed by atoms with E-state index in [1.54, 1.807) is 13.0 Å². The number of aromatic nitrogens is 3. The zero-order valence-corrected chi connectivity index (χ0v) is 14.0. The fourth-order valence-corrected chi connectivity index (χ4v) is 2.60. The lowest BCUT2D eigenvalue weighted by atomic mass is 10.1. The van der Waals surface area contributed by atoms with E-state index in [-0.39, 0.29) is 0 Å². The monoisotopic (exact) mass is 315 g/mol. The Morgan fingerprint density at radius 1 is 1.43 bits per heavy atom. The van der Waals surface area contributed by atoms with Crippen molar-refractivity contribution in [2.75, 3.05) is 12.3 Å². The summed E-state index contributed by atoms with van der Waals surface area (Å²) in [6, 6.07) is 0. The van der Waals surface area contributed by atoms with Crippen molar-refractivity contribution in [2.45, 2.75) is 40.0 Å². The molecule has 2 aromatic rings. The summed E-state index contributed by atoms with van der Waals surface area (Å²) < 4.78 is 2.03. The molecule has 1 unspecified atom stereocenters. The summed E-state index contributed by atoms with van der Waals surface area (Å²) in [5.74, 6) is 1.25. The third-order valence-corrected chi connectivity index (χ3v) is 3.64. The van der Waals surface area contributed by atoms with Gasteiger partial charge in [-0.1, -0.05) is 25.7 Å². The van der Waals surface area contributed by atoms with E-state index in [0.717, 1.165) is 29.1 Å². The van der Waals surface area contributed by atoms with Gasteiger partial charge >= 0.3 is 0 Å². The Hall–Kier alpha value is -2.18. The van der Waals surface area contributed by atoms with Crippen LogP contribution in [-0.2, 0) is 13.1 Å². The molecule has 0 fully saturated rings. The summed E-state index contributed by atoms with van der Waals surface area (Å²) in [7, 11) is 0. The Balaban J connectivity index is 2.69. The van der Waals surface area contributed by atoms with Crippen LogP contribution in [0, 0.1) is 6.92 Å². The topological polar surface area (TPSA) is 89.0 Å². The molecule has 0 aliphatic heterocycles. The Labute approximate surface area is 136 Å². The minimum absolute atomic E-state index is 0.399. The number of fused-ring (bicyclic) bond motifs is 1. The molecule has 124 valence electrons. The summed E-state index contributed by atoms with van der Waals surface area (Å²) in [5.41, 5.74) is 9.50. The molecule has 0 saturated heterocycles. The Bertz CT molecular complexity index is 730. The summed E-state index contributed by atoms with van der Waals surface area (Å²) in [6.07, 6.45) is 4.93. The smallest absolute Gasteiger partial charge is 0.152 e. The normalized spacial score (nSPS) is 13.0. The van der Waals surface area contributed by atoms with Gasteiger partial charge in [-0.3, -0.25) is 0 Å². The number of nitrogen functional groups attached to an aromatic ring is 1. The zero-order chi connectivity index (χ0) is 17.0. The Morgan fingerprint density at radius 2 is 2.17 bits per heavy atom. The van der Waals surface area contributed by atoms with E-state index >= 15 is 0 Å². The van der Waals surface area contributed by atoms with E-state index < -0.39 is 6.10 Å². The molecule has 2 rings (SSSR count). The van der Waals surface area contributed by atoms with Crippen LogP contribution >= 0.6 is 0 Å². The van der Waals surface area contributed by atoms with Gasteiger partial charge in [0.25, 0.3) is 0 Å². The molecule has 0 bridgehead atoms. The lowest BCUT2D eigenvalue weighted by molar-refractivity contribution is 0.173. The molecule has 6 heteroatoms. The molecule has 23 heavy (non-hydrogen) atoms. The highest BCUT2D eigenvalue weighted by Gasteiger charge is 2.18. The fraction of sp³-hybridized carbons (Fsp3) is 0.412. The Morgan fingerprint density at radius 3 is 2.78 bits per heavy atom. The third-order valence-electron chi connectivity index (χ3n) is 3.64. The average molecular weight is 315 g/mol. The molecule has 0 amide bonds. The van der Waals surface area contributed by atoms with Crippen LogP contribution in [0.1, 0.15) is 30.9 Å². The average Bonchev–Trinajstić information content (AvgIpc) is 2.86. The number of nitrogens with one attached hydrogen (secondary N) is 1. The van der Waals surface area contributed by atoms with Crippen molar-refractivity contribution < 1.29 is 5.11 Å². The predicted molar refractivity (Wildman–Crippen MR) is 95.0 cm³/mol. The SMILES string of the molecule is C=C/C=C\c1nc(N)c2nc(CNCC)n(CC(C)O)c2c1C. The van der Waals surface area contributed by atoms with Crippen molar-refractivity contribution in [3.63, 3.8) is 0 Å². The van der Waals surface area contributed by atoms with Gasteiger partial charge in [0.15, 0.2) is 5.82 Å². The lowest BCUT2D eigenvalue weighted by Crippen LogP contribution is -2.20. The van der Waals surface area contributed by atoms with Gasteiger partial charge in [0.05, 0.1) is 30.4 Å². The fourth-order valence-electron chi connectivity index (χ4n) is 2.60. The first-order valence-electron chi connectivity index (χ1n) is 7.82.